The third-order valence-electron chi connectivity index (χ3n) is 2.52. The topological polar surface area (TPSA) is 42.1 Å². The Morgan fingerprint density at radius 1 is 1.38 bits per heavy atom. The van der Waals surface area contributed by atoms with Crippen LogP contribution in [-0.2, 0) is 6.54 Å². The molecule has 0 unspecified atom stereocenters. The number of hydrogen-bond acceptors (Lipinski definition) is 4. The molecule has 0 spiro atoms. The highest BCUT2D eigenvalue weighted by Crippen LogP contribution is 2.19. The summed E-state index contributed by atoms with van der Waals surface area (Å²) in [5, 5.41) is 0.880. The maximum atomic E-state index is 5.79. The number of nitrogens with zero attached hydrogens (tertiary/aromatic N) is 2. The zero-order valence-corrected chi connectivity index (χ0v) is 8.52. The molecule has 13 heavy (non-hydrogen) atoms. The number of anilines is 1. The molecule has 0 radical (unpaired) electrons. The van der Waals surface area contributed by atoms with Crippen molar-refractivity contribution in [1.82, 2.24) is 9.27 Å². The Kier molecular flexibility index (Phi) is 2.80. The molecule has 1 fully saturated rings. The summed E-state index contributed by atoms with van der Waals surface area (Å²) >= 11 is 1.39. The first kappa shape index (κ1) is 8.97. The Hall–Kier alpha value is -0.610. The second-order valence-corrected chi connectivity index (χ2v) is 4.39. The number of aromatic nitrogens is 1. The first-order chi connectivity index (χ1) is 6.36. The summed E-state index contributed by atoms with van der Waals surface area (Å²) < 4.78 is 4.08. The van der Waals surface area contributed by atoms with Gasteiger partial charge in [0, 0.05) is 18.3 Å². The highest BCUT2D eigenvalue weighted by atomic mass is 32.1. The van der Waals surface area contributed by atoms with E-state index in [1.54, 1.807) is 0 Å². The minimum atomic E-state index is 0.880. The number of piperidine rings is 1. The average molecular weight is 197 g/mol. The van der Waals surface area contributed by atoms with E-state index in [-0.39, 0.29) is 0 Å². The quantitative estimate of drug-likeness (QED) is 0.785. The standard InChI is InChI=1S/C9H15N3S/c10-9-8(6-11-13-9)7-12-4-2-1-3-5-12/h6H,1-5,7,10H2. The SMILES string of the molecule is Nc1sncc1CN1CCCCC1. The van der Waals surface area contributed by atoms with Gasteiger partial charge in [0.1, 0.15) is 5.00 Å². The van der Waals surface area contributed by atoms with Crippen LogP contribution in [0.5, 0.6) is 0 Å². The minimum absolute atomic E-state index is 0.880. The highest BCUT2D eigenvalue weighted by molar-refractivity contribution is 7.10. The van der Waals surface area contributed by atoms with Gasteiger partial charge in [0.15, 0.2) is 0 Å². The molecule has 2 N–H and O–H groups in total. The van der Waals surface area contributed by atoms with Gasteiger partial charge in [-0.15, -0.1) is 0 Å². The van der Waals surface area contributed by atoms with Crippen LogP contribution in [0.2, 0.25) is 0 Å². The molecule has 3 nitrogen and oxygen atoms in total. The third-order valence-corrected chi connectivity index (χ3v) is 3.19. The molecule has 1 saturated heterocycles. The molecule has 1 aromatic rings. The summed E-state index contributed by atoms with van der Waals surface area (Å²) in [5.41, 5.74) is 6.99. The monoisotopic (exact) mass is 197 g/mol. The molecule has 1 aliphatic rings. The Morgan fingerprint density at radius 3 is 2.77 bits per heavy atom. The Morgan fingerprint density at radius 2 is 2.15 bits per heavy atom. The number of hydrogen-bond donors (Lipinski definition) is 1. The molecule has 2 rings (SSSR count). The van der Waals surface area contributed by atoms with Crippen molar-refractivity contribution >= 4 is 16.5 Å². The number of rotatable bonds is 2. The molecule has 0 aromatic carbocycles. The van der Waals surface area contributed by atoms with E-state index in [1.165, 1.54) is 49.4 Å². The summed E-state index contributed by atoms with van der Waals surface area (Å²) in [6, 6.07) is 0. The maximum absolute atomic E-state index is 5.79. The van der Waals surface area contributed by atoms with Crippen molar-refractivity contribution in [3.63, 3.8) is 0 Å². The second kappa shape index (κ2) is 4.07. The van der Waals surface area contributed by atoms with Crippen molar-refractivity contribution in [3.8, 4) is 0 Å². The van der Waals surface area contributed by atoms with E-state index in [9.17, 15) is 0 Å². The zero-order valence-electron chi connectivity index (χ0n) is 7.70. The lowest BCUT2D eigenvalue weighted by atomic mass is 10.1. The molecule has 0 atom stereocenters. The smallest absolute Gasteiger partial charge is 0.111 e. The molecule has 72 valence electrons. The van der Waals surface area contributed by atoms with Crippen LogP contribution in [0.1, 0.15) is 24.8 Å². The normalized spacial score (nSPS) is 19.1. The first-order valence-electron chi connectivity index (χ1n) is 4.77. The van der Waals surface area contributed by atoms with E-state index < -0.39 is 0 Å². The van der Waals surface area contributed by atoms with E-state index in [4.69, 9.17) is 5.73 Å². The third kappa shape index (κ3) is 2.19. The molecule has 1 aliphatic heterocycles. The number of nitrogens with two attached hydrogens (primary N) is 1. The minimum Gasteiger partial charge on any atom is -0.389 e. The van der Waals surface area contributed by atoms with Gasteiger partial charge < -0.3 is 5.73 Å². The molecular formula is C9H15N3S. The average Bonchev–Trinajstić information content (AvgIpc) is 2.54. The highest BCUT2D eigenvalue weighted by Gasteiger charge is 2.12. The number of likely N-dealkylation sites (tertiary alicyclic amines) is 1. The van der Waals surface area contributed by atoms with Gasteiger partial charge >= 0.3 is 0 Å². The van der Waals surface area contributed by atoms with Crippen LogP contribution in [0.25, 0.3) is 0 Å². The van der Waals surface area contributed by atoms with E-state index in [2.05, 4.69) is 9.27 Å². The summed E-state index contributed by atoms with van der Waals surface area (Å²) in [6.07, 6.45) is 5.94. The van der Waals surface area contributed by atoms with Crippen LogP contribution in [0.3, 0.4) is 0 Å². The molecule has 0 bridgehead atoms. The van der Waals surface area contributed by atoms with Crippen LogP contribution in [0.15, 0.2) is 6.20 Å². The van der Waals surface area contributed by atoms with E-state index >= 15 is 0 Å². The van der Waals surface area contributed by atoms with E-state index in [1.807, 2.05) is 6.20 Å². The molecule has 4 heteroatoms. The second-order valence-electron chi connectivity index (χ2n) is 3.55. The van der Waals surface area contributed by atoms with Gasteiger partial charge in [0.2, 0.25) is 0 Å². The van der Waals surface area contributed by atoms with Gasteiger partial charge in [-0.3, -0.25) is 4.90 Å². The van der Waals surface area contributed by atoms with Crippen molar-refractivity contribution in [2.45, 2.75) is 25.8 Å². The zero-order chi connectivity index (χ0) is 9.10. The summed E-state index contributed by atoms with van der Waals surface area (Å²) in [6.45, 7) is 3.42. The fourth-order valence-electron chi connectivity index (χ4n) is 1.75. The van der Waals surface area contributed by atoms with Crippen LogP contribution >= 0.6 is 11.5 Å². The van der Waals surface area contributed by atoms with Gasteiger partial charge in [-0.2, -0.15) is 4.37 Å². The van der Waals surface area contributed by atoms with Crippen LogP contribution in [0, 0.1) is 0 Å². The summed E-state index contributed by atoms with van der Waals surface area (Å²) in [7, 11) is 0. The molecule has 0 amide bonds. The fourth-order valence-corrected chi connectivity index (χ4v) is 2.27. The van der Waals surface area contributed by atoms with Gasteiger partial charge in [0.05, 0.1) is 0 Å². The van der Waals surface area contributed by atoms with Crippen LogP contribution < -0.4 is 5.73 Å². The first-order valence-corrected chi connectivity index (χ1v) is 5.55. The predicted octanol–water partition coefficient (Wildman–Crippen LogP) is 1.71. The van der Waals surface area contributed by atoms with Crippen molar-refractivity contribution in [2.24, 2.45) is 0 Å². The van der Waals surface area contributed by atoms with E-state index in [0.717, 1.165) is 11.5 Å². The molecule has 1 aromatic heterocycles. The lowest BCUT2D eigenvalue weighted by Crippen LogP contribution is -2.29. The molecular weight excluding hydrogens is 182 g/mol. The lowest BCUT2D eigenvalue weighted by molar-refractivity contribution is 0.221. The summed E-state index contributed by atoms with van der Waals surface area (Å²) in [4.78, 5) is 2.46. The van der Waals surface area contributed by atoms with Crippen molar-refractivity contribution in [2.75, 3.05) is 18.8 Å². The fraction of sp³-hybridized carbons (Fsp3) is 0.667. The molecule has 0 saturated carbocycles. The van der Waals surface area contributed by atoms with Crippen molar-refractivity contribution in [3.05, 3.63) is 11.8 Å². The van der Waals surface area contributed by atoms with Gasteiger partial charge in [-0.25, -0.2) is 0 Å². The molecule has 2 heterocycles. The maximum Gasteiger partial charge on any atom is 0.111 e. The predicted molar refractivity (Wildman–Crippen MR) is 55.7 cm³/mol. The summed E-state index contributed by atoms with van der Waals surface area (Å²) in [5.74, 6) is 0. The van der Waals surface area contributed by atoms with E-state index in [0.29, 0.717) is 0 Å². The largest absolute Gasteiger partial charge is 0.389 e. The Bertz CT molecular complexity index is 266. The van der Waals surface area contributed by atoms with Crippen LogP contribution in [0.4, 0.5) is 5.00 Å². The van der Waals surface area contributed by atoms with Gasteiger partial charge in [0.25, 0.3) is 0 Å². The van der Waals surface area contributed by atoms with Crippen molar-refractivity contribution < 1.29 is 0 Å². The van der Waals surface area contributed by atoms with Crippen LogP contribution in [-0.4, -0.2) is 22.4 Å². The molecule has 0 aliphatic carbocycles. The van der Waals surface area contributed by atoms with Gasteiger partial charge in [-0.1, -0.05) is 6.42 Å². The Labute approximate surface area is 82.7 Å². The Balaban J connectivity index is 1.93. The van der Waals surface area contributed by atoms with Crippen molar-refractivity contribution in [1.29, 1.82) is 0 Å². The van der Waals surface area contributed by atoms with Gasteiger partial charge in [-0.05, 0) is 37.5 Å². The lowest BCUT2D eigenvalue weighted by Gasteiger charge is -2.25. The number of nitrogen functional groups attached to an aromatic ring is 1.